The third kappa shape index (κ3) is 4.77. The Morgan fingerprint density at radius 2 is 1.71 bits per heavy atom. The molecule has 1 saturated heterocycles. The van der Waals surface area contributed by atoms with E-state index in [0.29, 0.717) is 12.8 Å². The van der Waals surface area contributed by atoms with Crippen LogP contribution in [0.25, 0.3) is 11.1 Å². The van der Waals surface area contributed by atoms with Crippen LogP contribution in [-0.2, 0) is 19.1 Å². The molecule has 0 radical (unpaired) electrons. The molecule has 2 unspecified atom stereocenters. The summed E-state index contributed by atoms with van der Waals surface area (Å²) in [5.74, 6) is -1.95. The van der Waals surface area contributed by atoms with Crippen LogP contribution >= 0.6 is 0 Å². The summed E-state index contributed by atoms with van der Waals surface area (Å²) in [5.41, 5.74) is 4.51. The number of carboxylic acids is 1. The Kier molecular flexibility index (Phi) is 7.17. The molecule has 2 aliphatic rings. The van der Waals surface area contributed by atoms with Crippen molar-refractivity contribution in [3.63, 3.8) is 0 Å². The summed E-state index contributed by atoms with van der Waals surface area (Å²) >= 11 is 0. The van der Waals surface area contributed by atoms with E-state index in [4.69, 9.17) is 9.47 Å². The van der Waals surface area contributed by atoms with Crippen LogP contribution in [0.5, 0.6) is 0 Å². The van der Waals surface area contributed by atoms with Crippen LogP contribution < -0.4 is 10.6 Å². The third-order valence-electron chi connectivity index (χ3n) is 6.77. The second-order valence-corrected chi connectivity index (χ2v) is 8.87. The Hall–Kier alpha value is -3.39. The van der Waals surface area contributed by atoms with Gasteiger partial charge >= 0.3 is 12.1 Å². The number of hydrogen-bond acceptors (Lipinski definition) is 5. The molecule has 1 aliphatic heterocycles. The summed E-state index contributed by atoms with van der Waals surface area (Å²) < 4.78 is 11.1. The van der Waals surface area contributed by atoms with Crippen LogP contribution in [0, 0.1) is 5.92 Å². The highest BCUT2D eigenvalue weighted by molar-refractivity contribution is 5.87. The Morgan fingerprint density at radius 3 is 2.29 bits per heavy atom. The van der Waals surface area contributed by atoms with Crippen molar-refractivity contribution in [1.82, 2.24) is 10.6 Å². The maximum Gasteiger partial charge on any atom is 0.407 e. The molecule has 2 aromatic rings. The second kappa shape index (κ2) is 10.3. The zero-order chi connectivity index (χ0) is 24.2. The average Bonchev–Trinajstić information content (AvgIpc) is 3.43. The van der Waals surface area contributed by atoms with Gasteiger partial charge in [-0.05, 0) is 34.6 Å². The number of benzene rings is 2. The van der Waals surface area contributed by atoms with Crippen molar-refractivity contribution in [3.05, 3.63) is 59.7 Å². The van der Waals surface area contributed by atoms with Crippen molar-refractivity contribution >= 4 is 18.0 Å². The molecule has 1 aliphatic carbocycles. The van der Waals surface area contributed by atoms with Crippen LogP contribution in [0.1, 0.15) is 43.7 Å². The maximum absolute atomic E-state index is 12.7. The topological polar surface area (TPSA) is 114 Å². The fourth-order valence-corrected chi connectivity index (χ4v) is 4.71. The first-order valence-electron chi connectivity index (χ1n) is 11.7. The number of ether oxygens (including phenoxy) is 2. The molecule has 2 aromatic carbocycles. The molecule has 0 saturated carbocycles. The van der Waals surface area contributed by atoms with E-state index in [0.717, 1.165) is 22.3 Å². The summed E-state index contributed by atoms with van der Waals surface area (Å²) in [6, 6.07) is 14.5. The number of amides is 2. The van der Waals surface area contributed by atoms with Gasteiger partial charge in [-0.15, -0.1) is 0 Å². The molecule has 1 heterocycles. The van der Waals surface area contributed by atoms with Gasteiger partial charge in [0, 0.05) is 12.5 Å². The van der Waals surface area contributed by atoms with Gasteiger partial charge in [0.15, 0.2) is 6.10 Å². The van der Waals surface area contributed by atoms with Gasteiger partial charge in [-0.25, -0.2) is 9.59 Å². The molecule has 180 valence electrons. The number of hydrogen-bond donors (Lipinski definition) is 3. The van der Waals surface area contributed by atoms with Crippen molar-refractivity contribution in [2.45, 2.75) is 50.8 Å². The van der Waals surface area contributed by atoms with Crippen LogP contribution in [0.4, 0.5) is 4.79 Å². The standard InChI is InChI=1S/C26H30N2O6/c1-3-15(2)22(25(30)31)28-24(29)23-21(12-13-33-23)27-26(32)34-14-20-18-10-6-4-8-16(18)17-9-5-7-11-19(17)20/h4-11,15,20-23H,3,12-14H2,1-2H3,(H,27,32)(H,28,29)(H,30,31)/t15?,21-,22?,23+/m0/s1. The Morgan fingerprint density at radius 1 is 1.09 bits per heavy atom. The van der Waals surface area contributed by atoms with Gasteiger partial charge in [0.1, 0.15) is 12.6 Å². The first-order valence-corrected chi connectivity index (χ1v) is 11.7. The molecule has 2 amide bonds. The normalized spacial score (nSPS) is 20.6. The molecule has 4 rings (SSSR count). The van der Waals surface area contributed by atoms with E-state index < -0.39 is 36.2 Å². The summed E-state index contributed by atoms with van der Waals surface area (Å²) in [6.45, 7) is 4.08. The van der Waals surface area contributed by atoms with Gasteiger partial charge in [0.25, 0.3) is 5.91 Å². The fraction of sp³-hybridized carbons (Fsp3) is 0.423. The lowest BCUT2D eigenvalue weighted by molar-refractivity contribution is -0.145. The Balaban J connectivity index is 1.37. The molecule has 0 spiro atoms. The van der Waals surface area contributed by atoms with Crippen molar-refractivity contribution in [2.24, 2.45) is 5.92 Å². The molecule has 0 bridgehead atoms. The molecule has 3 N–H and O–H groups in total. The number of nitrogens with one attached hydrogen (secondary N) is 2. The number of carbonyl (C=O) groups is 3. The van der Waals surface area contributed by atoms with E-state index >= 15 is 0 Å². The highest BCUT2D eigenvalue weighted by Crippen LogP contribution is 2.44. The van der Waals surface area contributed by atoms with E-state index in [9.17, 15) is 19.5 Å². The highest BCUT2D eigenvalue weighted by Gasteiger charge is 2.38. The van der Waals surface area contributed by atoms with Gasteiger partial charge in [-0.2, -0.15) is 0 Å². The molecule has 8 heteroatoms. The van der Waals surface area contributed by atoms with E-state index in [1.54, 1.807) is 6.92 Å². The highest BCUT2D eigenvalue weighted by atomic mass is 16.6. The second-order valence-electron chi connectivity index (χ2n) is 8.87. The monoisotopic (exact) mass is 466 g/mol. The third-order valence-corrected chi connectivity index (χ3v) is 6.77. The molecule has 0 aromatic heterocycles. The summed E-state index contributed by atoms with van der Waals surface area (Å²) in [7, 11) is 0. The number of fused-ring (bicyclic) bond motifs is 3. The van der Waals surface area contributed by atoms with Crippen molar-refractivity contribution in [2.75, 3.05) is 13.2 Å². The predicted molar refractivity (Wildman–Crippen MR) is 125 cm³/mol. The smallest absolute Gasteiger partial charge is 0.407 e. The number of carboxylic acid groups (broad SMARTS) is 1. The number of aliphatic carboxylic acids is 1. The van der Waals surface area contributed by atoms with Crippen LogP contribution in [-0.4, -0.2) is 54.5 Å². The first kappa shape index (κ1) is 23.8. The largest absolute Gasteiger partial charge is 0.480 e. The van der Waals surface area contributed by atoms with Gasteiger partial charge < -0.3 is 25.2 Å². The Bertz CT molecular complexity index is 1030. The van der Waals surface area contributed by atoms with E-state index in [1.807, 2.05) is 43.3 Å². The number of carbonyl (C=O) groups excluding carboxylic acids is 2. The molecule has 1 fully saturated rings. The van der Waals surface area contributed by atoms with Crippen molar-refractivity contribution in [1.29, 1.82) is 0 Å². The van der Waals surface area contributed by atoms with Crippen LogP contribution in [0.2, 0.25) is 0 Å². The molecule has 8 nitrogen and oxygen atoms in total. The average molecular weight is 467 g/mol. The molecular weight excluding hydrogens is 436 g/mol. The fourth-order valence-electron chi connectivity index (χ4n) is 4.71. The van der Waals surface area contributed by atoms with E-state index in [1.165, 1.54) is 0 Å². The Labute approximate surface area is 198 Å². The molecular formula is C26H30N2O6. The number of alkyl carbamates (subject to hydrolysis) is 1. The van der Waals surface area contributed by atoms with Crippen molar-refractivity contribution < 1.29 is 29.0 Å². The lowest BCUT2D eigenvalue weighted by Gasteiger charge is -2.24. The SMILES string of the molecule is CCC(C)C(NC(=O)[C@@H]1OCC[C@@H]1NC(=O)OCC1c2ccccc2-c2ccccc21)C(=O)O. The van der Waals surface area contributed by atoms with Crippen LogP contribution in [0.15, 0.2) is 48.5 Å². The molecule has 4 atom stereocenters. The number of rotatable bonds is 8. The van der Waals surface area contributed by atoms with Gasteiger partial charge in [0.05, 0.1) is 6.04 Å². The first-order chi connectivity index (χ1) is 16.4. The van der Waals surface area contributed by atoms with Crippen LogP contribution in [0.3, 0.4) is 0 Å². The minimum atomic E-state index is -1.10. The van der Waals surface area contributed by atoms with Gasteiger partial charge in [-0.3, -0.25) is 4.79 Å². The van der Waals surface area contributed by atoms with E-state index in [2.05, 4.69) is 22.8 Å². The summed E-state index contributed by atoms with van der Waals surface area (Å²) in [4.78, 5) is 36.9. The molecule has 34 heavy (non-hydrogen) atoms. The van der Waals surface area contributed by atoms with Gasteiger partial charge in [-0.1, -0.05) is 68.8 Å². The van der Waals surface area contributed by atoms with E-state index in [-0.39, 0.29) is 25.0 Å². The minimum Gasteiger partial charge on any atom is -0.480 e. The van der Waals surface area contributed by atoms with Gasteiger partial charge in [0.2, 0.25) is 0 Å². The lowest BCUT2D eigenvalue weighted by Crippen LogP contribution is -2.53. The zero-order valence-electron chi connectivity index (χ0n) is 19.3. The predicted octanol–water partition coefficient (Wildman–Crippen LogP) is 3.30. The summed E-state index contributed by atoms with van der Waals surface area (Å²) in [6.07, 6.45) is -0.564. The lowest BCUT2D eigenvalue weighted by atomic mass is 9.98. The van der Waals surface area contributed by atoms with Crippen molar-refractivity contribution in [3.8, 4) is 11.1 Å². The zero-order valence-corrected chi connectivity index (χ0v) is 19.3. The minimum absolute atomic E-state index is 0.0658. The quantitative estimate of drug-likeness (QED) is 0.550. The summed E-state index contributed by atoms with van der Waals surface area (Å²) in [5, 5.41) is 14.7. The maximum atomic E-state index is 12.7.